The first-order valence-corrected chi connectivity index (χ1v) is 7.16. The summed E-state index contributed by atoms with van der Waals surface area (Å²) in [4.78, 5) is 9.83. The molecule has 0 heterocycles. The van der Waals surface area contributed by atoms with Crippen LogP contribution in [0.3, 0.4) is 0 Å². The van der Waals surface area contributed by atoms with Crippen molar-refractivity contribution in [2.24, 2.45) is 0 Å². The second-order valence-electron chi connectivity index (χ2n) is 3.37. The van der Waals surface area contributed by atoms with Crippen LogP contribution >= 0.6 is 15.9 Å². The van der Waals surface area contributed by atoms with Crippen LogP contribution in [0, 0.1) is 5.82 Å². The van der Waals surface area contributed by atoms with Gasteiger partial charge in [-0.2, -0.15) is 0 Å². The lowest BCUT2D eigenvalue weighted by Crippen LogP contribution is -2.03. The summed E-state index contributed by atoms with van der Waals surface area (Å²) >= 11 is 3.02. The molecule has 0 aromatic heterocycles. The molecule has 0 aliphatic rings. The molecule has 88 valence electrons. The summed E-state index contributed by atoms with van der Waals surface area (Å²) < 4.78 is 36.3. The van der Waals surface area contributed by atoms with Gasteiger partial charge in [0.1, 0.15) is 17.0 Å². The molecule has 0 amide bonds. The van der Waals surface area contributed by atoms with Crippen molar-refractivity contribution in [3.05, 3.63) is 28.0 Å². The number of hydrogen-bond acceptors (Lipinski definition) is 3. The molecule has 1 aromatic carbocycles. The smallest absolute Gasteiger partial charge is 0.179 e. The van der Waals surface area contributed by atoms with Gasteiger partial charge >= 0.3 is 0 Å². The molecule has 0 N–H and O–H groups in total. The zero-order valence-electron chi connectivity index (χ0n) is 8.54. The number of aldehydes is 1. The molecule has 0 bridgehead atoms. The minimum Gasteiger partial charge on any atom is -0.303 e. The van der Waals surface area contributed by atoms with E-state index in [4.69, 9.17) is 0 Å². The van der Waals surface area contributed by atoms with Crippen molar-refractivity contribution in [2.75, 3.05) is 6.26 Å². The van der Waals surface area contributed by atoms with Crippen LogP contribution in [-0.4, -0.2) is 21.0 Å². The molecular formula is C10H10BrFO3S. The first kappa shape index (κ1) is 13.3. The number of benzene rings is 1. The number of halogens is 2. The maximum absolute atomic E-state index is 13.5. The normalized spacial score (nSPS) is 11.4. The average Bonchev–Trinajstić information content (AvgIpc) is 2.11. The minimum atomic E-state index is -3.59. The van der Waals surface area contributed by atoms with Crippen LogP contribution in [0.1, 0.15) is 12.0 Å². The highest BCUT2D eigenvalue weighted by Gasteiger charge is 2.18. The summed E-state index contributed by atoms with van der Waals surface area (Å²) in [6, 6.07) is 2.66. The highest BCUT2D eigenvalue weighted by Crippen LogP contribution is 2.26. The zero-order chi connectivity index (χ0) is 12.3. The molecule has 6 heteroatoms. The van der Waals surface area contributed by atoms with E-state index >= 15 is 0 Å². The molecule has 1 rings (SSSR count). The Kier molecular flexibility index (Phi) is 4.21. The maximum atomic E-state index is 13.5. The topological polar surface area (TPSA) is 51.2 Å². The first-order chi connectivity index (χ1) is 7.36. The largest absolute Gasteiger partial charge is 0.303 e. The predicted octanol–water partition coefficient (Wildman–Crippen LogP) is 2.12. The molecule has 0 aliphatic carbocycles. The zero-order valence-corrected chi connectivity index (χ0v) is 10.9. The van der Waals surface area contributed by atoms with E-state index in [1.165, 1.54) is 6.07 Å². The van der Waals surface area contributed by atoms with Crippen LogP contribution in [0.2, 0.25) is 0 Å². The molecule has 0 atom stereocenters. The summed E-state index contributed by atoms with van der Waals surface area (Å²) in [5.41, 5.74) is 0.587. The lowest BCUT2D eigenvalue weighted by Gasteiger charge is -2.06. The SMILES string of the molecule is CS(=O)(=O)c1c(F)cc(CCC=O)cc1Br. The number of rotatable bonds is 4. The summed E-state index contributed by atoms with van der Waals surface area (Å²) in [7, 11) is -3.59. The van der Waals surface area contributed by atoms with Crippen LogP contribution in [0.4, 0.5) is 4.39 Å². The molecule has 3 nitrogen and oxygen atoms in total. The van der Waals surface area contributed by atoms with Gasteiger partial charge in [0.2, 0.25) is 0 Å². The molecule has 0 fully saturated rings. The Labute approximate surface area is 102 Å². The van der Waals surface area contributed by atoms with E-state index in [1.54, 1.807) is 0 Å². The number of hydrogen-bond donors (Lipinski definition) is 0. The van der Waals surface area contributed by atoms with E-state index in [0.717, 1.165) is 18.6 Å². The molecule has 0 saturated heterocycles. The molecular weight excluding hydrogens is 299 g/mol. The Balaban J connectivity index is 3.23. The first-order valence-electron chi connectivity index (χ1n) is 4.48. The van der Waals surface area contributed by atoms with Crippen LogP contribution in [-0.2, 0) is 21.1 Å². The van der Waals surface area contributed by atoms with Crippen LogP contribution in [0.15, 0.2) is 21.5 Å². The van der Waals surface area contributed by atoms with Crippen molar-refractivity contribution < 1.29 is 17.6 Å². The molecule has 16 heavy (non-hydrogen) atoms. The van der Waals surface area contributed by atoms with Gasteiger partial charge in [-0.05, 0) is 40.0 Å². The Hall–Kier alpha value is -0.750. The van der Waals surface area contributed by atoms with Gasteiger partial charge in [-0.25, -0.2) is 12.8 Å². The third-order valence-corrected chi connectivity index (χ3v) is 4.02. The molecule has 0 saturated carbocycles. The van der Waals surface area contributed by atoms with E-state index < -0.39 is 15.7 Å². The van der Waals surface area contributed by atoms with Gasteiger partial charge < -0.3 is 4.79 Å². The molecule has 0 unspecified atom stereocenters. The Morgan fingerprint density at radius 2 is 2.06 bits per heavy atom. The fourth-order valence-electron chi connectivity index (χ4n) is 1.34. The van der Waals surface area contributed by atoms with Crippen LogP contribution < -0.4 is 0 Å². The standard InChI is InChI=1S/C10H10BrFO3S/c1-16(14,15)10-8(11)5-7(3-2-4-13)6-9(10)12/h4-6H,2-3H2,1H3. The van der Waals surface area contributed by atoms with Crippen LogP contribution in [0.25, 0.3) is 0 Å². The molecule has 0 aliphatic heterocycles. The Morgan fingerprint density at radius 1 is 1.44 bits per heavy atom. The predicted molar refractivity (Wildman–Crippen MR) is 61.6 cm³/mol. The molecule has 0 radical (unpaired) electrons. The number of carbonyl (C=O) groups excluding carboxylic acids is 1. The van der Waals surface area contributed by atoms with E-state index in [-0.39, 0.29) is 15.8 Å². The lowest BCUT2D eigenvalue weighted by atomic mass is 10.1. The van der Waals surface area contributed by atoms with Gasteiger partial charge in [-0.3, -0.25) is 0 Å². The van der Waals surface area contributed by atoms with Gasteiger partial charge in [0.05, 0.1) is 0 Å². The van der Waals surface area contributed by atoms with Crippen LogP contribution in [0.5, 0.6) is 0 Å². The number of aryl methyl sites for hydroxylation is 1. The molecule has 1 aromatic rings. The van der Waals surface area contributed by atoms with Gasteiger partial charge in [0.25, 0.3) is 0 Å². The quantitative estimate of drug-likeness (QED) is 0.801. The van der Waals surface area contributed by atoms with Gasteiger partial charge in [-0.15, -0.1) is 0 Å². The highest BCUT2D eigenvalue weighted by atomic mass is 79.9. The fraction of sp³-hybridized carbons (Fsp3) is 0.300. The third kappa shape index (κ3) is 3.12. The Morgan fingerprint density at radius 3 is 2.50 bits per heavy atom. The average molecular weight is 309 g/mol. The maximum Gasteiger partial charge on any atom is 0.179 e. The van der Waals surface area contributed by atoms with Crippen molar-refractivity contribution in [3.63, 3.8) is 0 Å². The Bertz CT molecular complexity index is 488. The third-order valence-electron chi connectivity index (χ3n) is 1.98. The monoisotopic (exact) mass is 308 g/mol. The van der Waals surface area contributed by atoms with E-state index in [1.807, 2.05) is 0 Å². The van der Waals surface area contributed by atoms with Gasteiger partial charge in [0.15, 0.2) is 9.84 Å². The van der Waals surface area contributed by atoms with Crippen molar-refractivity contribution in [1.29, 1.82) is 0 Å². The van der Waals surface area contributed by atoms with Crippen molar-refractivity contribution in [1.82, 2.24) is 0 Å². The van der Waals surface area contributed by atoms with E-state index in [9.17, 15) is 17.6 Å². The lowest BCUT2D eigenvalue weighted by molar-refractivity contribution is -0.107. The summed E-state index contributed by atoms with van der Waals surface area (Å²) in [6.07, 6.45) is 2.35. The summed E-state index contributed by atoms with van der Waals surface area (Å²) in [5.74, 6) is -0.794. The second-order valence-corrected chi connectivity index (χ2v) is 6.17. The van der Waals surface area contributed by atoms with Gasteiger partial charge in [0, 0.05) is 17.1 Å². The number of sulfone groups is 1. The summed E-state index contributed by atoms with van der Waals surface area (Å²) in [5, 5.41) is 0. The highest BCUT2D eigenvalue weighted by molar-refractivity contribution is 9.10. The van der Waals surface area contributed by atoms with Crippen molar-refractivity contribution in [3.8, 4) is 0 Å². The van der Waals surface area contributed by atoms with E-state index in [0.29, 0.717) is 12.0 Å². The molecule has 0 spiro atoms. The number of carbonyl (C=O) groups is 1. The van der Waals surface area contributed by atoms with Crippen molar-refractivity contribution in [2.45, 2.75) is 17.7 Å². The summed E-state index contributed by atoms with van der Waals surface area (Å²) in [6.45, 7) is 0. The van der Waals surface area contributed by atoms with Gasteiger partial charge in [-0.1, -0.05) is 0 Å². The second kappa shape index (κ2) is 5.05. The van der Waals surface area contributed by atoms with Crippen molar-refractivity contribution >= 4 is 32.1 Å². The minimum absolute atomic E-state index is 0.191. The fourth-order valence-corrected chi connectivity index (χ4v) is 3.53. The van der Waals surface area contributed by atoms with E-state index in [2.05, 4.69) is 15.9 Å².